The summed E-state index contributed by atoms with van der Waals surface area (Å²) in [6.45, 7) is 2.72. The number of hydrogen-bond acceptors (Lipinski definition) is 2. The number of rotatable bonds is 2. The molecule has 2 fully saturated rings. The van der Waals surface area contributed by atoms with Crippen molar-refractivity contribution < 1.29 is 0 Å². The van der Waals surface area contributed by atoms with Crippen LogP contribution in [-0.2, 0) is 0 Å². The highest BCUT2D eigenvalue weighted by Crippen LogP contribution is 2.24. The summed E-state index contributed by atoms with van der Waals surface area (Å²) in [6, 6.07) is 1.67. The average Bonchev–Trinajstić information content (AvgIpc) is 2.63. The van der Waals surface area contributed by atoms with Gasteiger partial charge in [0.05, 0.1) is 0 Å². The van der Waals surface area contributed by atoms with E-state index in [9.17, 15) is 0 Å². The van der Waals surface area contributed by atoms with E-state index < -0.39 is 0 Å². The summed E-state index contributed by atoms with van der Waals surface area (Å²) in [6.07, 6.45) is 9.95. The molecule has 14 heavy (non-hydrogen) atoms. The van der Waals surface area contributed by atoms with E-state index in [2.05, 4.69) is 17.3 Å². The van der Waals surface area contributed by atoms with Gasteiger partial charge >= 0.3 is 0 Å². The predicted octanol–water partition coefficient (Wildman–Crippen LogP) is 2.00. The molecule has 1 heterocycles. The van der Waals surface area contributed by atoms with Crippen LogP contribution in [0.2, 0.25) is 0 Å². The van der Waals surface area contributed by atoms with E-state index in [1.807, 2.05) is 0 Å². The fraction of sp³-hybridized carbons (Fsp3) is 1.00. The maximum Gasteiger partial charge on any atom is 0.0110 e. The molecule has 2 rings (SSSR count). The second-order valence-corrected chi connectivity index (χ2v) is 4.90. The summed E-state index contributed by atoms with van der Waals surface area (Å²) in [5.74, 6) is 0. The van der Waals surface area contributed by atoms with Gasteiger partial charge in [0.15, 0.2) is 0 Å². The van der Waals surface area contributed by atoms with Gasteiger partial charge in [0.25, 0.3) is 0 Å². The molecular weight excluding hydrogens is 172 g/mol. The van der Waals surface area contributed by atoms with Crippen LogP contribution in [-0.4, -0.2) is 37.1 Å². The summed E-state index contributed by atoms with van der Waals surface area (Å²) in [5.41, 5.74) is 0. The fourth-order valence-corrected chi connectivity index (χ4v) is 3.04. The molecule has 1 aliphatic heterocycles. The first-order chi connectivity index (χ1) is 6.90. The van der Waals surface area contributed by atoms with Gasteiger partial charge in [-0.2, -0.15) is 0 Å². The van der Waals surface area contributed by atoms with Gasteiger partial charge in [-0.15, -0.1) is 0 Å². The van der Waals surface area contributed by atoms with Crippen LogP contribution in [0.1, 0.15) is 44.9 Å². The monoisotopic (exact) mass is 196 g/mol. The van der Waals surface area contributed by atoms with Gasteiger partial charge in [-0.1, -0.05) is 12.8 Å². The zero-order valence-electron chi connectivity index (χ0n) is 9.47. The second kappa shape index (κ2) is 5.13. The molecule has 0 amide bonds. The lowest BCUT2D eigenvalue weighted by Crippen LogP contribution is -2.37. The molecule has 0 aromatic rings. The first-order valence-corrected chi connectivity index (χ1v) is 6.31. The van der Waals surface area contributed by atoms with Gasteiger partial charge in [-0.05, 0) is 52.2 Å². The van der Waals surface area contributed by atoms with E-state index in [0.29, 0.717) is 0 Å². The van der Waals surface area contributed by atoms with Crippen LogP contribution in [0.4, 0.5) is 0 Å². The van der Waals surface area contributed by atoms with Crippen molar-refractivity contribution in [2.45, 2.75) is 57.0 Å². The Hall–Kier alpha value is -0.0800. The van der Waals surface area contributed by atoms with Crippen LogP contribution in [0.3, 0.4) is 0 Å². The Balaban J connectivity index is 1.88. The molecule has 1 saturated carbocycles. The molecule has 2 heteroatoms. The molecule has 0 aromatic heterocycles. The van der Waals surface area contributed by atoms with Gasteiger partial charge in [0.2, 0.25) is 0 Å². The Bertz CT molecular complexity index is 164. The van der Waals surface area contributed by atoms with E-state index in [0.717, 1.165) is 12.1 Å². The molecule has 0 radical (unpaired) electrons. The van der Waals surface area contributed by atoms with Crippen molar-refractivity contribution in [3.63, 3.8) is 0 Å². The van der Waals surface area contributed by atoms with Crippen LogP contribution in [0.5, 0.6) is 0 Å². The minimum absolute atomic E-state index is 0.781. The van der Waals surface area contributed by atoms with Gasteiger partial charge in [0, 0.05) is 12.1 Å². The Morgan fingerprint density at radius 3 is 2.43 bits per heavy atom. The minimum atomic E-state index is 0.781. The second-order valence-electron chi connectivity index (χ2n) is 4.90. The van der Waals surface area contributed by atoms with E-state index in [1.165, 1.54) is 58.0 Å². The lowest BCUT2D eigenvalue weighted by molar-refractivity contribution is 0.211. The van der Waals surface area contributed by atoms with E-state index in [1.54, 1.807) is 0 Å². The predicted molar refractivity (Wildman–Crippen MR) is 60.5 cm³/mol. The minimum Gasteiger partial charge on any atom is -0.317 e. The van der Waals surface area contributed by atoms with E-state index in [4.69, 9.17) is 0 Å². The third-order valence-corrected chi connectivity index (χ3v) is 3.96. The standard InChI is InChI=1S/C12H24N2/c1-13-11-6-2-3-7-12(10-11)14-8-4-5-9-14/h11-13H,2-10H2,1H3. The molecule has 2 nitrogen and oxygen atoms in total. The van der Waals surface area contributed by atoms with Gasteiger partial charge in [0.1, 0.15) is 0 Å². The van der Waals surface area contributed by atoms with Crippen LogP contribution in [0, 0.1) is 0 Å². The van der Waals surface area contributed by atoms with Crippen LogP contribution in [0.15, 0.2) is 0 Å². The highest BCUT2D eigenvalue weighted by molar-refractivity contribution is 4.83. The lowest BCUT2D eigenvalue weighted by atomic mass is 10.0. The first-order valence-electron chi connectivity index (χ1n) is 6.31. The summed E-state index contributed by atoms with van der Waals surface area (Å²) in [4.78, 5) is 2.73. The maximum absolute atomic E-state index is 3.47. The number of hydrogen-bond donors (Lipinski definition) is 1. The van der Waals surface area contributed by atoms with Crippen molar-refractivity contribution in [3.8, 4) is 0 Å². The zero-order valence-corrected chi connectivity index (χ0v) is 9.47. The van der Waals surface area contributed by atoms with Gasteiger partial charge in [-0.25, -0.2) is 0 Å². The largest absolute Gasteiger partial charge is 0.317 e. The van der Waals surface area contributed by atoms with Crippen molar-refractivity contribution in [3.05, 3.63) is 0 Å². The average molecular weight is 196 g/mol. The quantitative estimate of drug-likeness (QED) is 0.680. The normalized spacial score (nSPS) is 35.8. The Morgan fingerprint density at radius 2 is 1.71 bits per heavy atom. The van der Waals surface area contributed by atoms with Crippen LogP contribution < -0.4 is 5.32 Å². The van der Waals surface area contributed by atoms with Gasteiger partial charge < -0.3 is 10.2 Å². The van der Waals surface area contributed by atoms with Crippen LogP contribution in [0.25, 0.3) is 0 Å². The number of nitrogens with zero attached hydrogens (tertiary/aromatic N) is 1. The van der Waals surface area contributed by atoms with Crippen molar-refractivity contribution >= 4 is 0 Å². The molecule has 0 bridgehead atoms. The number of nitrogens with one attached hydrogen (secondary N) is 1. The molecule has 0 aromatic carbocycles. The fourth-order valence-electron chi connectivity index (χ4n) is 3.04. The lowest BCUT2D eigenvalue weighted by Gasteiger charge is -2.28. The molecule has 2 aliphatic rings. The van der Waals surface area contributed by atoms with Crippen molar-refractivity contribution in [1.29, 1.82) is 0 Å². The van der Waals surface area contributed by atoms with Crippen LogP contribution >= 0.6 is 0 Å². The Morgan fingerprint density at radius 1 is 1.00 bits per heavy atom. The van der Waals surface area contributed by atoms with Crippen molar-refractivity contribution in [2.75, 3.05) is 20.1 Å². The molecule has 1 N–H and O–H groups in total. The molecular formula is C12H24N2. The molecule has 2 unspecified atom stereocenters. The topological polar surface area (TPSA) is 15.3 Å². The third-order valence-electron chi connectivity index (χ3n) is 3.96. The highest BCUT2D eigenvalue weighted by Gasteiger charge is 2.25. The Labute approximate surface area is 88.1 Å². The zero-order chi connectivity index (χ0) is 9.80. The summed E-state index contributed by atoms with van der Waals surface area (Å²) < 4.78 is 0. The van der Waals surface area contributed by atoms with Crippen molar-refractivity contribution in [2.24, 2.45) is 0 Å². The summed E-state index contributed by atoms with van der Waals surface area (Å²) in [7, 11) is 2.12. The summed E-state index contributed by atoms with van der Waals surface area (Å²) in [5, 5.41) is 3.47. The third kappa shape index (κ3) is 2.48. The molecule has 0 spiro atoms. The SMILES string of the molecule is CNC1CCCCC(N2CCCC2)C1. The molecule has 82 valence electrons. The highest BCUT2D eigenvalue weighted by atomic mass is 15.2. The summed E-state index contributed by atoms with van der Waals surface area (Å²) >= 11 is 0. The molecule has 2 atom stereocenters. The van der Waals surface area contributed by atoms with E-state index >= 15 is 0 Å². The molecule has 1 saturated heterocycles. The van der Waals surface area contributed by atoms with Gasteiger partial charge in [-0.3, -0.25) is 0 Å². The van der Waals surface area contributed by atoms with E-state index in [-0.39, 0.29) is 0 Å². The maximum atomic E-state index is 3.47. The smallest absolute Gasteiger partial charge is 0.0110 e. The Kier molecular flexibility index (Phi) is 3.82. The number of likely N-dealkylation sites (tertiary alicyclic amines) is 1. The first kappa shape index (κ1) is 10.4. The van der Waals surface area contributed by atoms with Crippen molar-refractivity contribution in [1.82, 2.24) is 10.2 Å². The molecule has 1 aliphatic carbocycles.